The summed E-state index contributed by atoms with van der Waals surface area (Å²) in [7, 11) is 1.49. The van der Waals surface area contributed by atoms with Crippen molar-refractivity contribution in [3.05, 3.63) is 0 Å². The Hall–Kier alpha value is -1.30. The lowest BCUT2D eigenvalue weighted by molar-refractivity contribution is -0.125. The molecule has 0 saturated carbocycles. The number of nitrogens with one attached hydrogen (secondary N) is 2. The lowest BCUT2D eigenvalue weighted by Crippen LogP contribution is -2.49. The van der Waals surface area contributed by atoms with Crippen LogP contribution >= 0.6 is 0 Å². The molecule has 2 amide bonds. The topological polar surface area (TPSA) is 76.7 Å². The van der Waals surface area contributed by atoms with E-state index in [0.29, 0.717) is 6.42 Å². The summed E-state index contributed by atoms with van der Waals surface area (Å²) in [6.07, 6.45) is -0.0554. The minimum absolute atomic E-state index is 0.115. The molecule has 0 aliphatic heterocycles. The standard InChI is InChI=1S/C13H26N2O4/c1-9(2)7-10(11(16)14-8-18-6)15-12(17)19-13(3,4)5/h9-10H,7-8H2,1-6H3,(H,14,16)(H,15,17). The van der Waals surface area contributed by atoms with Crippen LogP contribution in [0.25, 0.3) is 0 Å². The van der Waals surface area contributed by atoms with Gasteiger partial charge in [-0.1, -0.05) is 13.8 Å². The Kier molecular flexibility index (Phi) is 7.44. The summed E-state index contributed by atoms with van der Waals surface area (Å²) in [4.78, 5) is 23.6. The second-order valence-electron chi connectivity index (χ2n) is 5.80. The average Bonchev–Trinajstić information content (AvgIpc) is 2.21. The maximum atomic E-state index is 11.9. The molecule has 0 saturated heterocycles. The van der Waals surface area contributed by atoms with Crippen LogP contribution in [0.15, 0.2) is 0 Å². The first-order valence-electron chi connectivity index (χ1n) is 6.42. The molecule has 0 aromatic heterocycles. The van der Waals surface area contributed by atoms with Gasteiger partial charge in [-0.05, 0) is 33.1 Å². The number of rotatable bonds is 6. The van der Waals surface area contributed by atoms with E-state index in [2.05, 4.69) is 10.6 Å². The van der Waals surface area contributed by atoms with Crippen LogP contribution in [0, 0.1) is 5.92 Å². The van der Waals surface area contributed by atoms with Gasteiger partial charge in [0, 0.05) is 7.11 Å². The number of carbonyl (C=O) groups excluding carboxylic acids is 2. The largest absolute Gasteiger partial charge is 0.444 e. The molecule has 0 aliphatic carbocycles. The van der Waals surface area contributed by atoms with Gasteiger partial charge in [-0.2, -0.15) is 0 Å². The molecule has 0 bridgehead atoms. The molecular weight excluding hydrogens is 248 g/mol. The van der Waals surface area contributed by atoms with Gasteiger partial charge < -0.3 is 20.1 Å². The van der Waals surface area contributed by atoms with E-state index in [1.54, 1.807) is 20.8 Å². The fraction of sp³-hybridized carbons (Fsp3) is 0.846. The average molecular weight is 274 g/mol. The molecule has 6 heteroatoms. The number of ether oxygens (including phenoxy) is 2. The molecule has 1 unspecified atom stereocenters. The molecule has 112 valence electrons. The predicted octanol–water partition coefficient (Wildman–Crippen LogP) is 1.65. The van der Waals surface area contributed by atoms with Gasteiger partial charge in [-0.15, -0.1) is 0 Å². The molecule has 0 fully saturated rings. The Labute approximate surface area is 115 Å². The Bertz CT molecular complexity index is 298. The zero-order valence-corrected chi connectivity index (χ0v) is 12.7. The first-order chi connectivity index (χ1) is 8.65. The van der Waals surface area contributed by atoms with Crippen LogP contribution in [0.2, 0.25) is 0 Å². The van der Waals surface area contributed by atoms with E-state index in [1.807, 2.05) is 13.8 Å². The second-order valence-corrected chi connectivity index (χ2v) is 5.80. The van der Waals surface area contributed by atoms with Crippen LogP contribution in [0.1, 0.15) is 41.0 Å². The van der Waals surface area contributed by atoms with Gasteiger partial charge >= 0.3 is 6.09 Å². The zero-order chi connectivity index (χ0) is 15.1. The summed E-state index contributed by atoms with van der Waals surface area (Å²) in [6, 6.07) is -0.620. The van der Waals surface area contributed by atoms with Crippen LogP contribution in [0.3, 0.4) is 0 Å². The monoisotopic (exact) mass is 274 g/mol. The van der Waals surface area contributed by atoms with E-state index in [-0.39, 0.29) is 18.6 Å². The van der Waals surface area contributed by atoms with E-state index in [9.17, 15) is 9.59 Å². The van der Waals surface area contributed by atoms with E-state index in [0.717, 1.165) is 0 Å². The predicted molar refractivity (Wildman–Crippen MR) is 72.6 cm³/mol. The Balaban J connectivity index is 4.50. The third kappa shape index (κ3) is 9.30. The summed E-state index contributed by atoms with van der Waals surface area (Å²) >= 11 is 0. The molecule has 19 heavy (non-hydrogen) atoms. The van der Waals surface area contributed by atoms with Crippen molar-refractivity contribution < 1.29 is 19.1 Å². The summed E-state index contributed by atoms with van der Waals surface area (Å²) < 4.78 is 9.92. The van der Waals surface area contributed by atoms with Crippen molar-refractivity contribution >= 4 is 12.0 Å². The molecular formula is C13H26N2O4. The highest BCUT2D eigenvalue weighted by Gasteiger charge is 2.24. The lowest BCUT2D eigenvalue weighted by atomic mass is 10.0. The number of hydrogen-bond donors (Lipinski definition) is 2. The zero-order valence-electron chi connectivity index (χ0n) is 12.7. The molecule has 2 N–H and O–H groups in total. The number of carbonyl (C=O) groups is 2. The minimum Gasteiger partial charge on any atom is -0.444 e. The first kappa shape index (κ1) is 17.7. The van der Waals surface area contributed by atoms with Crippen LogP contribution in [0.4, 0.5) is 4.79 Å². The van der Waals surface area contributed by atoms with Crippen molar-refractivity contribution in [1.82, 2.24) is 10.6 Å². The van der Waals surface area contributed by atoms with Gasteiger partial charge in [-0.3, -0.25) is 4.79 Å². The maximum absolute atomic E-state index is 11.9. The van der Waals surface area contributed by atoms with Crippen molar-refractivity contribution in [2.45, 2.75) is 52.7 Å². The Morgan fingerprint density at radius 1 is 1.21 bits per heavy atom. The summed E-state index contributed by atoms with van der Waals surface area (Å²) in [5.74, 6) is -0.00496. The fourth-order valence-corrected chi connectivity index (χ4v) is 1.42. The Morgan fingerprint density at radius 3 is 2.21 bits per heavy atom. The number of methoxy groups -OCH3 is 1. The van der Waals surface area contributed by atoms with Crippen LogP contribution in [0.5, 0.6) is 0 Å². The quantitative estimate of drug-likeness (QED) is 0.722. The molecule has 0 aliphatic rings. The van der Waals surface area contributed by atoms with Crippen molar-refractivity contribution in [3.63, 3.8) is 0 Å². The van der Waals surface area contributed by atoms with Crippen molar-refractivity contribution in [3.8, 4) is 0 Å². The van der Waals surface area contributed by atoms with Crippen molar-refractivity contribution in [2.75, 3.05) is 13.8 Å². The minimum atomic E-state index is -0.620. The number of alkyl carbamates (subject to hydrolysis) is 1. The third-order valence-electron chi connectivity index (χ3n) is 2.11. The molecule has 0 aromatic carbocycles. The van der Waals surface area contributed by atoms with E-state index < -0.39 is 17.7 Å². The molecule has 0 heterocycles. The van der Waals surface area contributed by atoms with Gasteiger partial charge in [-0.25, -0.2) is 4.79 Å². The van der Waals surface area contributed by atoms with Crippen molar-refractivity contribution in [2.24, 2.45) is 5.92 Å². The normalized spacial score (nSPS) is 13.0. The Morgan fingerprint density at radius 2 is 1.79 bits per heavy atom. The number of hydrogen-bond acceptors (Lipinski definition) is 4. The first-order valence-corrected chi connectivity index (χ1v) is 6.42. The van der Waals surface area contributed by atoms with Gasteiger partial charge in [0.05, 0.1) is 0 Å². The van der Waals surface area contributed by atoms with Gasteiger partial charge in [0.1, 0.15) is 18.4 Å². The van der Waals surface area contributed by atoms with Gasteiger partial charge in [0.2, 0.25) is 5.91 Å². The van der Waals surface area contributed by atoms with Crippen LogP contribution in [-0.4, -0.2) is 37.5 Å². The third-order valence-corrected chi connectivity index (χ3v) is 2.11. The van der Waals surface area contributed by atoms with E-state index in [4.69, 9.17) is 9.47 Å². The second kappa shape index (κ2) is 7.99. The van der Waals surface area contributed by atoms with Gasteiger partial charge in [0.15, 0.2) is 0 Å². The smallest absolute Gasteiger partial charge is 0.408 e. The molecule has 0 aromatic rings. The van der Waals surface area contributed by atoms with E-state index >= 15 is 0 Å². The van der Waals surface area contributed by atoms with Crippen LogP contribution < -0.4 is 10.6 Å². The SMILES string of the molecule is COCNC(=O)C(CC(C)C)NC(=O)OC(C)(C)C. The van der Waals surface area contributed by atoms with Crippen molar-refractivity contribution in [1.29, 1.82) is 0 Å². The lowest BCUT2D eigenvalue weighted by Gasteiger charge is -2.24. The summed E-state index contributed by atoms with van der Waals surface area (Å²) in [5.41, 5.74) is -0.588. The molecule has 0 radical (unpaired) electrons. The fourth-order valence-electron chi connectivity index (χ4n) is 1.42. The van der Waals surface area contributed by atoms with Gasteiger partial charge in [0.25, 0.3) is 0 Å². The highest BCUT2D eigenvalue weighted by Crippen LogP contribution is 2.09. The van der Waals surface area contributed by atoms with Crippen LogP contribution in [-0.2, 0) is 14.3 Å². The molecule has 0 rings (SSSR count). The summed E-state index contributed by atoms with van der Waals surface area (Å²) in [6.45, 7) is 9.39. The van der Waals surface area contributed by atoms with E-state index in [1.165, 1.54) is 7.11 Å². The molecule has 6 nitrogen and oxygen atoms in total. The highest BCUT2D eigenvalue weighted by atomic mass is 16.6. The molecule has 1 atom stereocenters. The summed E-state index contributed by atoms with van der Waals surface area (Å²) in [5, 5.41) is 5.16. The number of amides is 2. The molecule has 0 spiro atoms. The highest BCUT2D eigenvalue weighted by molar-refractivity contribution is 5.85. The maximum Gasteiger partial charge on any atom is 0.408 e.